The smallest absolute Gasteiger partial charge is 0.296 e. The molecule has 0 N–H and O–H groups in total. The van der Waals surface area contributed by atoms with E-state index in [1.165, 1.54) is 32.6 Å². The SMILES string of the molecule is COc1cccc(-c2ccc(S(=O)(=O)N=C=O)c(OC)c2OC#N)c1. The molecule has 0 saturated carbocycles. The Hall–Kier alpha value is -3.34. The number of methoxy groups -OCH3 is 2. The molecule has 0 aliphatic rings. The van der Waals surface area contributed by atoms with Crippen LogP contribution in [0.1, 0.15) is 0 Å². The summed E-state index contributed by atoms with van der Waals surface area (Å²) in [5.41, 5.74) is 0.997. The molecule has 0 heterocycles. The standard InChI is InChI=1S/C16H12N2O6S/c1-22-12-5-3-4-11(8-12)13-6-7-14(25(20,21)18-10-19)16(23-2)15(13)24-9-17/h3-8H,1-2H3. The number of carbonyl (C=O) groups excluding carboxylic acids is 1. The first-order valence-corrected chi connectivity index (χ1v) is 8.18. The fourth-order valence-electron chi connectivity index (χ4n) is 2.20. The van der Waals surface area contributed by atoms with Crippen molar-refractivity contribution >= 4 is 16.1 Å². The number of benzene rings is 2. The molecule has 2 aromatic carbocycles. The highest BCUT2D eigenvalue weighted by molar-refractivity contribution is 7.90. The van der Waals surface area contributed by atoms with Crippen molar-refractivity contribution in [2.75, 3.05) is 14.2 Å². The predicted molar refractivity (Wildman–Crippen MR) is 86.5 cm³/mol. The third-order valence-corrected chi connectivity index (χ3v) is 4.44. The molecule has 0 aliphatic carbocycles. The van der Waals surface area contributed by atoms with Crippen molar-refractivity contribution in [3.05, 3.63) is 36.4 Å². The Bertz CT molecular complexity index is 988. The van der Waals surface area contributed by atoms with Gasteiger partial charge in [0.25, 0.3) is 22.4 Å². The summed E-state index contributed by atoms with van der Waals surface area (Å²) in [6, 6.07) is 9.46. The Morgan fingerprint density at radius 1 is 1.08 bits per heavy atom. The van der Waals surface area contributed by atoms with Crippen LogP contribution in [0.3, 0.4) is 0 Å². The lowest BCUT2D eigenvalue weighted by molar-refractivity contribution is 0.374. The lowest BCUT2D eigenvalue weighted by Gasteiger charge is -2.14. The van der Waals surface area contributed by atoms with Crippen LogP contribution < -0.4 is 14.2 Å². The molecule has 0 atom stereocenters. The maximum Gasteiger partial charge on any atom is 0.296 e. The van der Waals surface area contributed by atoms with Gasteiger partial charge in [0.15, 0.2) is 11.5 Å². The van der Waals surface area contributed by atoms with Gasteiger partial charge in [-0.25, -0.2) is 4.79 Å². The first-order chi connectivity index (χ1) is 12.0. The molecule has 0 spiro atoms. The summed E-state index contributed by atoms with van der Waals surface area (Å²) in [6.45, 7) is 0. The highest BCUT2D eigenvalue weighted by Crippen LogP contribution is 2.43. The lowest BCUT2D eigenvalue weighted by Crippen LogP contribution is -2.03. The molecule has 9 heteroatoms. The van der Waals surface area contributed by atoms with Crippen molar-refractivity contribution < 1.29 is 27.4 Å². The summed E-state index contributed by atoms with van der Waals surface area (Å²) in [4.78, 5) is 9.93. The monoisotopic (exact) mass is 360 g/mol. The molecular weight excluding hydrogens is 348 g/mol. The number of hydrogen-bond acceptors (Lipinski definition) is 7. The molecule has 0 bridgehead atoms. The number of hydrogen-bond donors (Lipinski definition) is 0. The summed E-state index contributed by atoms with van der Waals surface area (Å²) in [6.07, 6.45) is 2.47. The zero-order valence-corrected chi connectivity index (χ0v) is 14.0. The molecule has 128 valence electrons. The minimum atomic E-state index is -4.34. The number of rotatable bonds is 6. The van der Waals surface area contributed by atoms with Gasteiger partial charge in [0, 0.05) is 5.56 Å². The number of isocyanates is 1. The van der Waals surface area contributed by atoms with Crippen LogP contribution in [0.5, 0.6) is 17.2 Å². The third-order valence-electron chi connectivity index (χ3n) is 3.24. The molecule has 2 aromatic rings. The van der Waals surface area contributed by atoms with Crippen molar-refractivity contribution in [3.8, 4) is 34.6 Å². The molecule has 0 amide bonds. The van der Waals surface area contributed by atoms with Crippen molar-refractivity contribution in [1.82, 2.24) is 0 Å². The van der Waals surface area contributed by atoms with Crippen LogP contribution in [-0.4, -0.2) is 28.7 Å². The normalized spacial score (nSPS) is 10.3. The summed E-state index contributed by atoms with van der Waals surface area (Å²) in [7, 11) is -1.64. The van der Waals surface area contributed by atoms with Crippen LogP contribution in [0.2, 0.25) is 0 Å². The van der Waals surface area contributed by atoms with Crippen LogP contribution in [0.4, 0.5) is 0 Å². The molecule has 0 fully saturated rings. The zero-order chi connectivity index (χ0) is 18.4. The molecular formula is C16H12N2O6S. The molecule has 0 aliphatic heterocycles. The molecule has 25 heavy (non-hydrogen) atoms. The second-order valence-corrected chi connectivity index (χ2v) is 6.13. The van der Waals surface area contributed by atoms with E-state index in [1.807, 2.05) is 0 Å². The van der Waals surface area contributed by atoms with Crippen LogP contribution >= 0.6 is 0 Å². The van der Waals surface area contributed by atoms with Crippen LogP contribution in [0.15, 0.2) is 45.7 Å². The van der Waals surface area contributed by atoms with Crippen LogP contribution in [-0.2, 0) is 14.8 Å². The highest BCUT2D eigenvalue weighted by atomic mass is 32.2. The Kier molecular flexibility index (Phi) is 5.39. The van der Waals surface area contributed by atoms with E-state index in [2.05, 4.69) is 4.40 Å². The van der Waals surface area contributed by atoms with Crippen molar-refractivity contribution in [2.24, 2.45) is 4.40 Å². The van der Waals surface area contributed by atoms with E-state index in [1.54, 1.807) is 24.3 Å². The van der Waals surface area contributed by atoms with E-state index < -0.39 is 14.9 Å². The molecule has 0 radical (unpaired) electrons. The van der Waals surface area contributed by atoms with Crippen LogP contribution in [0.25, 0.3) is 11.1 Å². The van der Waals surface area contributed by atoms with Gasteiger partial charge in [0.05, 0.1) is 14.2 Å². The average molecular weight is 360 g/mol. The van der Waals surface area contributed by atoms with Crippen molar-refractivity contribution in [1.29, 1.82) is 5.26 Å². The van der Waals surface area contributed by atoms with Gasteiger partial charge < -0.3 is 14.2 Å². The minimum absolute atomic E-state index is 0.125. The number of nitrogens with zero attached hydrogens (tertiary/aromatic N) is 2. The predicted octanol–water partition coefficient (Wildman–Crippen LogP) is 2.26. The van der Waals surface area contributed by atoms with E-state index in [4.69, 9.17) is 19.5 Å². The van der Waals surface area contributed by atoms with Gasteiger partial charge >= 0.3 is 0 Å². The third kappa shape index (κ3) is 3.61. The molecule has 2 rings (SSSR count). The van der Waals surface area contributed by atoms with Gasteiger partial charge in [-0.05, 0) is 29.8 Å². The van der Waals surface area contributed by atoms with E-state index >= 15 is 0 Å². The summed E-state index contributed by atoms with van der Waals surface area (Å²) >= 11 is 0. The van der Waals surface area contributed by atoms with Crippen LogP contribution in [0, 0.1) is 11.5 Å². The molecule has 0 aromatic heterocycles. The van der Waals surface area contributed by atoms with Gasteiger partial charge in [-0.2, -0.15) is 8.42 Å². The largest absolute Gasteiger partial charge is 0.497 e. The van der Waals surface area contributed by atoms with Crippen molar-refractivity contribution in [2.45, 2.75) is 4.90 Å². The lowest BCUT2D eigenvalue weighted by atomic mass is 10.0. The molecule has 8 nitrogen and oxygen atoms in total. The Labute approximate surface area is 143 Å². The zero-order valence-electron chi connectivity index (χ0n) is 13.2. The number of ether oxygens (including phenoxy) is 3. The topological polar surface area (TPSA) is 115 Å². The molecule has 0 saturated heterocycles. The van der Waals surface area contributed by atoms with Gasteiger partial charge in [0.2, 0.25) is 0 Å². The van der Waals surface area contributed by atoms with E-state index in [0.29, 0.717) is 16.9 Å². The quantitative estimate of drug-likeness (QED) is 0.441. The fraction of sp³-hybridized carbons (Fsp3) is 0.125. The number of nitriles is 1. The second kappa shape index (κ2) is 7.49. The Morgan fingerprint density at radius 2 is 1.84 bits per heavy atom. The molecule has 0 unspecified atom stereocenters. The first kappa shape index (κ1) is 18.0. The minimum Gasteiger partial charge on any atom is -0.497 e. The van der Waals surface area contributed by atoms with Gasteiger partial charge in [0.1, 0.15) is 10.6 Å². The average Bonchev–Trinajstić information content (AvgIpc) is 2.61. The maximum absolute atomic E-state index is 12.0. The fourth-order valence-corrected chi connectivity index (χ4v) is 3.05. The van der Waals surface area contributed by atoms with Gasteiger partial charge in [-0.1, -0.05) is 16.5 Å². The van der Waals surface area contributed by atoms with E-state index in [-0.39, 0.29) is 11.5 Å². The van der Waals surface area contributed by atoms with Gasteiger partial charge in [-0.15, -0.1) is 5.26 Å². The number of sulfonamides is 1. The summed E-state index contributed by atoms with van der Waals surface area (Å²) in [5.74, 6) is 0.183. The van der Waals surface area contributed by atoms with Crippen molar-refractivity contribution in [3.63, 3.8) is 0 Å². The Morgan fingerprint density at radius 3 is 2.44 bits per heavy atom. The highest BCUT2D eigenvalue weighted by Gasteiger charge is 2.26. The van der Waals surface area contributed by atoms with Gasteiger partial charge in [-0.3, -0.25) is 0 Å². The summed E-state index contributed by atoms with van der Waals surface area (Å²) in [5, 5.41) is 8.92. The summed E-state index contributed by atoms with van der Waals surface area (Å²) < 4.78 is 42.1. The second-order valence-electron chi connectivity index (χ2n) is 4.56. The first-order valence-electron chi connectivity index (χ1n) is 6.74. The Balaban J connectivity index is 2.79. The van der Waals surface area contributed by atoms with E-state index in [9.17, 15) is 13.2 Å². The van der Waals surface area contributed by atoms with E-state index in [0.717, 1.165) is 6.08 Å². The maximum atomic E-state index is 12.0.